The molecule has 0 aromatic heterocycles. The number of carbonyl (C=O) groups is 1. The Bertz CT molecular complexity index is 857. The zero-order valence-corrected chi connectivity index (χ0v) is 15.0. The highest BCUT2D eigenvalue weighted by atomic mass is 32.2. The van der Waals surface area contributed by atoms with Crippen LogP contribution < -0.4 is 4.31 Å². The average molecular weight is 347 g/mol. The second-order valence-corrected chi connectivity index (χ2v) is 7.66. The van der Waals surface area contributed by atoms with Gasteiger partial charge in [0, 0.05) is 0 Å². The molecular formula is C18H21NO4S. The fourth-order valence-electron chi connectivity index (χ4n) is 2.44. The number of hydrogen-bond donors (Lipinski definition) is 1. The summed E-state index contributed by atoms with van der Waals surface area (Å²) < 4.78 is 27.2. The van der Waals surface area contributed by atoms with E-state index in [9.17, 15) is 18.3 Å². The van der Waals surface area contributed by atoms with E-state index in [1.54, 1.807) is 31.2 Å². The molecule has 128 valence electrons. The second-order valence-electron chi connectivity index (χ2n) is 5.85. The summed E-state index contributed by atoms with van der Waals surface area (Å²) in [6, 6.07) is 10.4. The minimum atomic E-state index is -4.00. The molecule has 0 aliphatic rings. The van der Waals surface area contributed by atoms with Crippen LogP contribution in [-0.2, 0) is 14.8 Å². The molecule has 0 spiro atoms. The highest BCUT2D eigenvalue weighted by Crippen LogP contribution is 2.30. The van der Waals surface area contributed by atoms with E-state index in [1.165, 1.54) is 19.1 Å². The van der Waals surface area contributed by atoms with Gasteiger partial charge in [0.1, 0.15) is 6.04 Å². The first kappa shape index (κ1) is 18.0. The number of carboxylic acids is 1. The van der Waals surface area contributed by atoms with Crippen molar-refractivity contribution in [2.24, 2.45) is 0 Å². The Labute approximate surface area is 142 Å². The van der Waals surface area contributed by atoms with E-state index in [4.69, 9.17) is 0 Å². The van der Waals surface area contributed by atoms with E-state index in [0.717, 1.165) is 21.0 Å². The molecular weight excluding hydrogens is 326 g/mol. The van der Waals surface area contributed by atoms with Gasteiger partial charge in [0.15, 0.2) is 0 Å². The van der Waals surface area contributed by atoms with Crippen molar-refractivity contribution in [3.8, 4) is 0 Å². The molecule has 0 aliphatic heterocycles. The van der Waals surface area contributed by atoms with Crippen LogP contribution in [0, 0.1) is 20.8 Å². The van der Waals surface area contributed by atoms with Crippen molar-refractivity contribution in [3.05, 3.63) is 59.2 Å². The number of benzene rings is 2. The topological polar surface area (TPSA) is 74.7 Å². The van der Waals surface area contributed by atoms with Crippen molar-refractivity contribution in [1.29, 1.82) is 0 Å². The first-order valence-corrected chi connectivity index (χ1v) is 9.00. The molecule has 1 N–H and O–H groups in total. The first-order valence-electron chi connectivity index (χ1n) is 7.56. The normalized spacial score (nSPS) is 12.7. The fourth-order valence-corrected chi connectivity index (χ4v) is 4.12. The number of carboxylic acid groups (broad SMARTS) is 1. The molecule has 0 fully saturated rings. The van der Waals surface area contributed by atoms with Gasteiger partial charge in [-0.05, 0) is 57.0 Å². The van der Waals surface area contributed by atoms with Crippen molar-refractivity contribution in [1.82, 2.24) is 0 Å². The van der Waals surface area contributed by atoms with Crippen LogP contribution in [0.3, 0.4) is 0 Å². The predicted octanol–water partition coefficient (Wildman–Crippen LogP) is 3.28. The van der Waals surface area contributed by atoms with E-state index in [1.807, 2.05) is 19.9 Å². The van der Waals surface area contributed by atoms with E-state index in [0.29, 0.717) is 5.69 Å². The number of nitrogens with zero attached hydrogens (tertiary/aromatic N) is 1. The fraction of sp³-hybridized carbons (Fsp3) is 0.278. The smallest absolute Gasteiger partial charge is 0.327 e. The number of aryl methyl sites for hydroxylation is 2. The summed E-state index contributed by atoms with van der Waals surface area (Å²) in [6.45, 7) is 6.88. The van der Waals surface area contributed by atoms with Crippen LogP contribution >= 0.6 is 0 Å². The molecule has 6 heteroatoms. The van der Waals surface area contributed by atoms with Crippen molar-refractivity contribution < 1.29 is 18.3 Å². The monoisotopic (exact) mass is 347 g/mol. The Hall–Kier alpha value is -2.34. The minimum Gasteiger partial charge on any atom is -0.480 e. The molecule has 2 aromatic rings. The lowest BCUT2D eigenvalue weighted by atomic mass is 10.1. The maximum absolute atomic E-state index is 13.1. The number of anilines is 1. The number of rotatable bonds is 5. The van der Waals surface area contributed by atoms with Crippen molar-refractivity contribution in [2.75, 3.05) is 4.31 Å². The van der Waals surface area contributed by atoms with E-state index >= 15 is 0 Å². The van der Waals surface area contributed by atoms with E-state index in [-0.39, 0.29) is 4.90 Å². The maximum Gasteiger partial charge on any atom is 0.327 e. The molecule has 0 aliphatic carbocycles. The lowest BCUT2D eigenvalue weighted by molar-refractivity contribution is -0.137. The maximum atomic E-state index is 13.1. The number of aliphatic carboxylic acids is 1. The third-order valence-corrected chi connectivity index (χ3v) is 6.00. The van der Waals surface area contributed by atoms with Crippen LogP contribution in [0.25, 0.3) is 0 Å². The lowest BCUT2D eigenvalue weighted by Crippen LogP contribution is -2.43. The Kier molecular flexibility index (Phi) is 4.99. The zero-order valence-electron chi connectivity index (χ0n) is 14.1. The molecule has 1 atom stereocenters. The van der Waals surface area contributed by atoms with Crippen LogP contribution in [0.15, 0.2) is 47.4 Å². The molecule has 0 saturated carbocycles. The summed E-state index contributed by atoms with van der Waals surface area (Å²) in [6.07, 6.45) is 0. The Morgan fingerprint density at radius 3 is 2.17 bits per heavy atom. The Morgan fingerprint density at radius 1 is 1.04 bits per heavy atom. The molecule has 1 unspecified atom stereocenters. The average Bonchev–Trinajstić information content (AvgIpc) is 2.51. The van der Waals surface area contributed by atoms with Gasteiger partial charge in [-0.2, -0.15) is 0 Å². The molecule has 0 bridgehead atoms. The molecule has 0 saturated heterocycles. The zero-order chi connectivity index (χ0) is 18.1. The highest BCUT2D eigenvalue weighted by Gasteiger charge is 2.34. The van der Waals surface area contributed by atoms with Crippen molar-refractivity contribution in [2.45, 2.75) is 38.6 Å². The largest absolute Gasteiger partial charge is 0.480 e. The van der Waals surface area contributed by atoms with Gasteiger partial charge in [0.2, 0.25) is 0 Å². The molecule has 2 aromatic carbocycles. The van der Waals surface area contributed by atoms with Gasteiger partial charge in [-0.3, -0.25) is 4.31 Å². The van der Waals surface area contributed by atoms with Gasteiger partial charge in [-0.25, -0.2) is 13.2 Å². The molecule has 0 radical (unpaired) electrons. The summed E-state index contributed by atoms with van der Waals surface area (Å²) in [5.74, 6) is -1.20. The summed E-state index contributed by atoms with van der Waals surface area (Å²) in [7, 11) is -4.00. The molecule has 5 nitrogen and oxygen atoms in total. The van der Waals surface area contributed by atoms with Gasteiger partial charge in [0.05, 0.1) is 10.6 Å². The van der Waals surface area contributed by atoms with E-state index in [2.05, 4.69) is 0 Å². The Morgan fingerprint density at radius 2 is 1.62 bits per heavy atom. The van der Waals surface area contributed by atoms with Gasteiger partial charge in [0.25, 0.3) is 10.0 Å². The number of hydrogen-bond acceptors (Lipinski definition) is 3. The molecule has 2 rings (SSSR count). The number of sulfonamides is 1. The van der Waals surface area contributed by atoms with Crippen LogP contribution in [0.5, 0.6) is 0 Å². The van der Waals surface area contributed by atoms with Crippen LogP contribution in [0.2, 0.25) is 0 Å². The highest BCUT2D eigenvalue weighted by molar-refractivity contribution is 7.93. The van der Waals surface area contributed by atoms with Crippen molar-refractivity contribution >= 4 is 21.7 Å². The summed E-state index contributed by atoms with van der Waals surface area (Å²) in [4.78, 5) is 11.6. The summed E-state index contributed by atoms with van der Waals surface area (Å²) in [5, 5.41) is 9.42. The van der Waals surface area contributed by atoms with E-state index < -0.39 is 22.0 Å². The third kappa shape index (κ3) is 3.28. The predicted molar refractivity (Wildman–Crippen MR) is 93.9 cm³/mol. The van der Waals surface area contributed by atoms with Gasteiger partial charge in [-0.15, -0.1) is 0 Å². The van der Waals surface area contributed by atoms with Gasteiger partial charge < -0.3 is 5.11 Å². The lowest BCUT2D eigenvalue weighted by Gasteiger charge is -2.29. The van der Waals surface area contributed by atoms with Gasteiger partial charge in [-0.1, -0.05) is 29.8 Å². The standard InChI is InChI=1S/C18H21NO4S/c1-12-8-10-16(11-9-12)24(22,23)19(15(4)18(20)21)17-7-5-6-13(2)14(17)3/h5-11,15H,1-4H3,(H,20,21). The summed E-state index contributed by atoms with van der Waals surface area (Å²) >= 11 is 0. The minimum absolute atomic E-state index is 0.0714. The van der Waals surface area contributed by atoms with Crippen LogP contribution in [0.4, 0.5) is 5.69 Å². The van der Waals surface area contributed by atoms with Crippen LogP contribution in [-0.4, -0.2) is 25.5 Å². The molecule has 0 heterocycles. The SMILES string of the molecule is Cc1ccc(S(=O)(=O)N(c2cccc(C)c2C)C(C)C(=O)O)cc1. The first-order chi connectivity index (χ1) is 11.2. The van der Waals surface area contributed by atoms with Crippen LogP contribution in [0.1, 0.15) is 23.6 Å². The quantitative estimate of drug-likeness (QED) is 0.901. The summed E-state index contributed by atoms with van der Waals surface area (Å²) in [5.41, 5.74) is 2.94. The van der Waals surface area contributed by atoms with Gasteiger partial charge >= 0.3 is 5.97 Å². The van der Waals surface area contributed by atoms with Crippen molar-refractivity contribution in [3.63, 3.8) is 0 Å². The third-order valence-electron chi connectivity index (χ3n) is 4.10. The second kappa shape index (κ2) is 6.65. The Balaban J connectivity index is 2.69. The molecule has 24 heavy (non-hydrogen) atoms. The molecule has 0 amide bonds.